The van der Waals surface area contributed by atoms with E-state index in [1.807, 2.05) is 36.7 Å². The smallest absolute Gasteiger partial charge is 0.269 e. The molecule has 1 aromatic rings. The molecule has 0 aliphatic rings. The van der Waals surface area contributed by atoms with Crippen LogP contribution in [0.15, 0.2) is 41.3 Å². The van der Waals surface area contributed by atoms with Gasteiger partial charge in [0.05, 0.1) is 4.90 Å². The lowest BCUT2D eigenvalue weighted by Crippen LogP contribution is -2.43. The summed E-state index contributed by atoms with van der Waals surface area (Å²) in [6.45, 7) is 12.1. The van der Waals surface area contributed by atoms with Crippen molar-refractivity contribution < 1.29 is 22.2 Å². The molecule has 0 fully saturated rings. The molecule has 1 amide bonds. The molecular formula is C25H40F3N3O2S. The molecule has 5 nitrogen and oxygen atoms in total. The van der Waals surface area contributed by atoms with Crippen LogP contribution in [-0.4, -0.2) is 47.9 Å². The average Bonchev–Trinajstić information content (AvgIpc) is 2.79. The highest BCUT2D eigenvalue weighted by molar-refractivity contribution is 7.83. The maximum absolute atomic E-state index is 14.5. The topological polar surface area (TPSA) is 61.4 Å². The van der Waals surface area contributed by atoms with Crippen LogP contribution in [0, 0.1) is 11.6 Å². The van der Waals surface area contributed by atoms with Gasteiger partial charge in [0, 0.05) is 6.54 Å². The van der Waals surface area contributed by atoms with Crippen molar-refractivity contribution in [2.24, 2.45) is 0 Å². The van der Waals surface area contributed by atoms with Crippen LogP contribution in [-0.2, 0) is 15.8 Å². The van der Waals surface area contributed by atoms with Crippen molar-refractivity contribution >= 4 is 22.6 Å². The Morgan fingerprint density at radius 3 is 2.18 bits per heavy atom. The minimum absolute atomic E-state index is 0.0228. The summed E-state index contributed by atoms with van der Waals surface area (Å²) in [6.07, 6.45) is 6.07. The van der Waals surface area contributed by atoms with Gasteiger partial charge in [-0.25, -0.2) is 17.4 Å². The summed E-state index contributed by atoms with van der Waals surface area (Å²) < 4.78 is 57.1. The first-order chi connectivity index (χ1) is 16.0. The summed E-state index contributed by atoms with van der Waals surface area (Å²) in [5, 5.41) is 2.67. The van der Waals surface area contributed by atoms with Crippen LogP contribution in [0.4, 0.5) is 18.9 Å². The molecule has 0 saturated heterocycles. The Morgan fingerprint density at radius 1 is 1.21 bits per heavy atom. The largest absolute Gasteiger partial charge is 0.380 e. The van der Waals surface area contributed by atoms with E-state index in [-0.39, 0.29) is 23.4 Å². The van der Waals surface area contributed by atoms with Crippen molar-refractivity contribution in [3.8, 4) is 0 Å². The van der Waals surface area contributed by atoms with E-state index in [4.69, 9.17) is 0 Å². The first-order valence-corrected chi connectivity index (χ1v) is 12.7. The van der Waals surface area contributed by atoms with Gasteiger partial charge in [-0.3, -0.25) is 9.52 Å². The van der Waals surface area contributed by atoms with Gasteiger partial charge in [-0.15, -0.1) is 0 Å². The number of amides is 1. The van der Waals surface area contributed by atoms with Gasteiger partial charge in [0.25, 0.3) is 5.91 Å². The third-order valence-electron chi connectivity index (χ3n) is 5.15. The summed E-state index contributed by atoms with van der Waals surface area (Å²) in [5.74, 6) is -2.89. The summed E-state index contributed by atoms with van der Waals surface area (Å²) in [6, 6.07) is 1.75. The number of rotatable bonds is 13. The zero-order chi connectivity index (χ0) is 26.3. The number of benzene rings is 1. The molecule has 0 aromatic heterocycles. The molecule has 0 aliphatic carbocycles. The number of hydrogen-bond acceptors (Lipinski definition) is 4. The first kappa shape index (κ1) is 31.9. The molecule has 0 aliphatic heterocycles. The van der Waals surface area contributed by atoms with E-state index in [0.29, 0.717) is 19.4 Å². The van der Waals surface area contributed by atoms with Gasteiger partial charge >= 0.3 is 0 Å². The van der Waals surface area contributed by atoms with Gasteiger partial charge in [0.15, 0.2) is 28.3 Å². The summed E-state index contributed by atoms with van der Waals surface area (Å²) in [4.78, 5) is 13.7. The van der Waals surface area contributed by atoms with E-state index in [2.05, 4.69) is 24.9 Å². The van der Waals surface area contributed by atoms with Crippen molar-refractivity contribution in [2.75, 3.05) is 32.5 Å². The fourth-order valence-electron chi connectivity index (χ4n) is 2.98. The normalized spacial score (nSPS) is 14.0. The van der Waals surface area contributed by atoms with Crippen molar-refractivity contribution in [1.82, 2.24) is 9.62 Å². The van der Waals surface area contributed by atoms with Gasteiger partial charge in [0.1, 0.15) is 5.69 Å². The molecule has 1 aromatic carbocycles. The van der Waals surface area contributed by atoms with Crippen LogP contribution >= 0.6 is 0 Å². The predicted octanol–water partition coefficient (Wildman–Crippen LogP) is 5.91. The first-order valence-electron chi connectivity index (χ1n) is 11.6. The van der Waals surface area contributed by atoms with Crippen LogP contribution in [0.3, 0.4) is 0 Å². The summed E-state index contributed by atoms with van der Waals surface area (Å²) >= 11 is 0. The van der Waals surface area contributed by atoms with Gasteiger partial charge < -0.3 is 10.2 Å². The SMILES string of the molecule is C=C/C(=C\C)CC.CCCC(F)(CC)C(=O)NS(=O)c1cc(F)c(NCCCN(C)C)c(F)c1. The number of allylic oxidation sites excluding steroid dienone is 3. The van der Waals surface area contributed by atoms with Crippen LogP contribution in [0.2, 0.25) is 0 Å². The Balaban J connectivity index is 0.00000135. The van der Waals surface area contributed by atoms with E-state index in [9.17, 15) is 22.2 Å². The van der Waals surface area contributed by atoms with E-state index < -0.39 is 34.2 Å². The van der Waals surface area contributed by atoms with Crippen molar-refractivity contribution in [2.45, 2.75) is 70.4 Å². The number of hydrogen-bond donors (Lipinski definition) is 2. The molecule has 0 spiro atoms. The molecular weight excluding hydrogens is 463 g/mol. The van der Waals surface area contributed by atoms with Gasteiger partial charge in [-0.2, -0.15) is 0 Å². The van der Waals surface area contributed by atoms with E-state index in [1.54, 1.807) is 6.92 Å². The molecule has 1 rings (SSSR count). The maximum Gasteiger partial charge on any atom is 0.269 e. The number of anilines is 1. The third kappa shape index (κ3) is 10.9. The lowest BCUT2D eigenvalue weighted by molar-refractivity contribution is -0.131. The monoisotopic (exact) mass is 503 g/mol. The number of alkyl halides is 1. The zero-order valence-corrected chi connectivity index (χ0v) is 22.1. The highest BCUT2D eigenvalue weighted by Gasteiger charge is 2.36. The Labute approximate surface area is 205 Å². The number of carbonyl (C=O) groups is 1. The van der Waals surface area contributed by atoms with Crippen molar-refractivity contribution in [1.29, 1.82) is 0 Å². The maximum atomic E-state index is 14.5. The Morgan fingerprint density at radius 2 is 1.79 bits per heavy atom. The van der Waals surface area contributed by atoms with Crippen LogP contribution in [0.25, 0.3) is 0 Å². The number of carbonyl (C=O) groups excluding carboxylic acids is 1. The van der Waals surface area contributed by atoms with Crippen LogP contribution in [0.5, 0.6) is 0 Å². The van der Waals surface area contributed by atoms with Gasteiger partial charge in [-0.05, 0) is 65.4 Å². The molecule has 0 heterocycles. The molecule has 2 unspecified atom stereocenters. The quantitative estimate of drug-likeness (QED) is 0.259. The number of nitrogens with zero attached hydrogens (tertiary/aromatic N) is 1. The van der Waals surface area contributed by atoms with Crippen LogP contribution in [0.1, 0.15) is 59.8 Å². The number of halogens is 3. The van der Waals surface area contributed by atoms with E-state index in [0.717, 1.165) is 25.1 Å². The second-order valence-corrected chi connectivity index (χ2v) is 9.25. The predicted molar refractivity (Wildman–Crippen MR) is 136 cm³/mol. The van der Waals surface area contributed by atoms with Crippen molar-refractivity contribution in [3.63, 3.8) is 0 Å². The Bertz CT molecular complexity index is 824. The van der Waals surface area contributed by atoms with E-state index in [1.165, 1.54) is 12.5 Å². The number of nitrogens with one attached hydrogen (secondary N) is 2. The van der Waals surface area contributed by atoms with Gasteiger partial charge in [0.2, 0.25) is 0 Å². The average molecular weight is 504 g/mol. The zero-order valence-electron chi connectivity index (χ0n) is 21.3. The molecule has 0 radical (unpaired) electrons. The lowest BCUT2D eigenvalue weighted by Gasteiger charge is -2.21. The third-order valence-corrected chi connectivity index (χ3v) is 6.19. The second-order valence-electron chi connectivity index (χ2n) is 8.04. The molecule has 2 N–H and O–H groups in total. The highest BCUT2D eigenvalue weighted by Crippen LogP contribution is 2.25. The van der Waals surface area contributed by atoms with Gasteiger partial charge in [-0.1, -0.05) is 51.5 Å². The Kier molecular flexibility index (Phi) is 15.5. The summed E-state index contributed by atoms with van der Waals surface area (Å²) in [5.41, 5.74) is -1.16. The standard InChI is InChI=1S/C18H28F3N3O2S.C7H12/c1-5-8-18(21,6-2)17(25)23-27(26)13-11-14(19)16(15(20)12-13)22-9-7-10-24(3)4;1-4-7(5-2)6-3/h11-12,22H,5-10H2,1-4H3,(H,23,25);4-5H,1,6H2,2-3H3/b;7-5+. The molecule has 34 heavy (non-hydrogen) atoms. The highest BCUT2D eigenvalue weighted by atomic mass is 32.2. The Hall–Kier alpha value is -2.13. The molecule has 0 bridgehead atoms. The second kappa shape index (κ2) is 16.5. The fourth-order valence-corrected chi connectivity index (χ4v) is 3.87. The fraction of sp³-hybridized carbons (Fsp3) is 0.560. The lowest BCUT2D eigenvalue weighted by atomic mass is 9.96. The van der Waals surface area contributed by atoms with E-state index >= 15 is 0 Å². The molecule has 0 saturated carbocycles. The minimum atomic E-state index is -2.26. The molecule has 9 heteroatoms. The molecule has 194 valence electrons. The van der Waals surface area contributed by atoms with Crippen LogP contribution < -0.4 is 10.0 Å². The summed E-state index contributed by atoms with van der Waals surface area (Å²) in [7, 11) is 1.53. The minimum Gasteiger partial charge on any atom is -0.380 e. The molecule has 2 atom stereocenters. The van der Waals surface area contributed by atoms with Crippen molar-refractivity contribution in [3.05, 3.63) is 48.1 Å².